The molecule has 1 atom stereocenters. The second-order valence-electron chi connectivity index (χ2n) is 6.86. The summed E-state index contributed by atoms with van der Waals surface area (Å²) in [5, 5.41) is 13.3. The highest BCUT2D eigenvalue weighted by Crippen LogP contribution is 2.25. The Hall–Kier alpha value is -2.31. The van der Waals surface area contributed by atoms with Crippen LogP contribution in [0.4, 0.5) is 4.79 Å². The molecule has 2 N–H and O–H groups in total. The molecule has 6 nitrogen and oxygen atoms in total. The highest BCUT2D eigenvalue weighted by molar-refractivity contribution is 5.74. The Morgan fingerprint density at radius 3 is 2.64 bits per heavy atom. The molecular weight excluding hydrogens is 320 g/mol. The average Bonchev–Trinajstić information content (AvgIpc) is 3.13. The number of ether oxygens (including phenoxy) is 1. The van der Waals surface area contributed by atoms with Gasteiger partial charge in [0.25, 0.3) is 0 Å². The van der Waals surface area contributed by atoms with E-state index in [0.29, 0.717) is 32.1 Å². The smallest absolute Gasteiger partial charge is 0.317 e. The summed E-state index contributed by atoms with van der Waals surface area (Å²) < 4.78 is 10.5. The lowest BCUT2D eigenvalue weighted by Crippen LogP contribution is -2.51. The van der Waals surface area contributed by atoms with Crippen molar-refractivity contribution in [2.24, 2.45) is 5.41 Å². The minimum atomic E-state index is -0.868. The van der Waals surface area contributed by atoms with Crippen molar-refractivity contribution in [3.8, 4) is 0 Å². The van der Waals surface area contributed by atoms with Gasteiger partial charge in [-0.3, -0.25) is 0 Å². The van der Waals surface area contributed by atoms with Crippen LogP contribution in [0.2, 0.25) is 0 Å². The van der Waals surface area contributed by atoms with Gasteiger partial charge >= 0.3 is 6.03 Å². The van der Waals surface area contributed by atoms with Crippen molar-refractivity contribution in [2.45, 2.75) is 19.6 Å². The number of rotatable bonds is 7. The molecule has 2 aromatic rings. The molecule has 0 spiro atoms. The van der Waals surface area contributed by atoms with Crippen LogP contribution in [0.15, 0.2) is 53.1 Å². The van der Waals surface area contributed by atoms with Gasteiger partial charge < -0.3 is 24.5 Å². The van der Waals surface area contributed by atoms with Crippen LogP contribution in [0.5, 0.6) is 0 Å². The summed E-state index contributed by atoms with van der Waals surface area (Å²) in [6.07, 6.45) is 0.643. The topological polar surface area (TPSA) is 74.9 Å². The van der Waals surface area contributed by atoms with Crippen LogP contribution in [-0.4, -0.2) is 42.3 Å². The van der Waals surface area contributed by atoms with E-state index < -0.39 is 6.10 Å². The first kappa shape index (κ1) is 17.5. The number of furan rings is 1. The maximum absolute atomic E-state index is 12.7. The summed E-state index contributed by atoms with van der Waals surface area (Å²) in [6, 6.07) is 12.9. The van der Waals surface area contributed by atoms with Gasteiger partial charge in [0.2, 0.25) is 0 Å². The summed E-state index contributed by atoms with van der Waals surface area (Å²) in [6.45, 7) is 4.51. The number of amides is 2. The van der Waals surface area contributed by atoms with Crippen molar-refractivity contribution in [1.82, 2.24) is 10.2 Å². The van der Waals surface area contributed by atoms with Crippen LogP contribution in [0.3, 0.4) is 0 Å². The summed E-state index contributed by atoms with van der Waals surface area (Å²) in [4.78, 5) is 14.3. The van der Waals surface area contributed by atoms with E-state index in [2.05, 4.69) is 12.2 Å². The average molecular weight is 344 g/mol. The summed E-state index contributed by atoms with van der Waals surface area (Å²) in [5.74, 6) is 0.449. The van der Waals surface area contributed by atoms with Crippen LogP contribution in [0.1, 0.15) is 24.4 Å². The van der Waals surface area contributed by atoms with Gasteiger partial charge in [0.15, 0.2) is 0 Å². The molecule has 2 amide bonds. The molecule has 2 heterocycles. The Balaban J connectivity index is 1.65. The van der Waals surface area contributed by atoms with Crippen molar-refractivity contribution in [1.29, 1.82) is 0 Å². The third-order valence-electron chi connectivity index (χ3n) is 4.34. The summed E-state index contributed by atoms with van der Waals surface area (Å²) in [7, 11) is 0. The van der Waals surface area contributed by atoms with Gasteiger partial charge in [-0.05, 0) is 17.7 Å². The van der Waals surface area contributed by atoms with Crippen molar-refractivity contribution in [2.75, 3.05) is 26.3 Å². The molecule has 0 aliphatic carbocycles. The number of nitrogens with zero attached hydrogens (tertiary/aromatic N) is 1. The van der Waals surface area contributed by atoms with E-state index in [1.165, 1.54) is 6.26 Å². The van der Waals surface area contributed by atoms with E-state index in [4.69, 9.17) is 9.15 Å². The number of hydrogen-bond acceptors (Lipinski definition) is 4. The molecule has 0 radical (unpaired) electrons. The first-order chi connectivity index (χ1) is 12.1. The van der Waals surface area contributed by atoms with Gasteiger partial charge in [-0.15, -0.1) is 0 Å². The van der Waals surface area contributed by atoms with Gasteiger partial charge in [-0.25, -0.2) is 4.79 Å². The highest BCUT2D eigenvalue weighted by Gasteiger charge is 2.34. The molecule has 134 valence electrons. The highest BCUT2D eigenvalue weighted by atomic mass is 16.5. The fraction of sp³-hybridized carbons (Fsp3) is 0.421. The Morgan fingerprint density at radius 2 is 2.04 bits per heavy atom. The van der Waals surface area contributed by atoms with Gasteiger partial charge in [0.05, 0.1) is 26.0 Å². The standard InChI is InChI=1S/C19H24N2O4/c1-19(13-24-14-19)12-20-18(23)21(10-15-6-3-2-4-7-15)11-16(22)17-8-5-9-25-17/h2-9,16,22H,10-14H2,1H3,(H,20,23). The van der Waals surface area contributed by atoms with Crippen LogP contribution >= 0.6 is 0 Å². The van der Waals surface area contributed by atoms with Crippen LogP contribution in [-0.2, 0) is 11.3 Å². The molecule has 6 heteroatoms. The van der Waals surface area contributed by atoms with E-state index in [9.17, 15) is 9.90 Å². The molecule has 1 aromatic carbocycles. The monoisotopic (exact) mass is 344 g/mol. The van der Waals surface area contributed by atoms with Crippen LogP contribution in [0.25, 0.3) is 0 Å². The molecule has 1 aromatic heterocycles. The first-order valence-electron chi connectivity index (χ1n) is 8.42. The molecule has 1 saturated heterocycles. The SMILES string of the molecule is CC1(CNC(=O)N(Cc2ccccc2)CC(O)c2ccco2)COC1. The van der Waals surface area contributed by atoms with E-state index in [-0.39, 0.29) is 18.0 Å². The van der Waals surface area contributed by atoms with Gasteiger partial charge in [-0.2, -0.15) is 0 Å². The predicted molar refractivity (Wildman–Crippen MR) is 92.8 cm³/mol. The van der Waals surface area contributed by atoms with Crippen molar-refractivity contribution < 1.29 is 19.1 Å². The Morgan fingerprint density at radius 1 is 1.28 bits per heavy atom. The van der Waals surface area contributed by atoms with E-state index in [1.54, 1.807) is 17.0 Å². The fourth-order valence-corrected chi connectivity index (χ4v) is 2.76. The zero-order valence-electron chi connectivity index (χ0n) is 14.4. The minimum Gasteiger partial charge on any atom is -0.467 e. The molecule has 3 rings (SSSR count). The maximum Gasteiger partial charge on any atom is 0.317 e. The Kier molecular flexibility index (Phi) is 5.40. The molecule has 25 heavy (non-hydrogen) atoms. The molecular formula is C19H24N2O4. The number of hydrogen-bond donors (Lipinski definition) is 2. The van der Waals surface area contributed by atoms with E-state index in [1.807, 2.05) is 30.3 Å². The van der Waals surface area contributed by atoms with Crippen molar-refractivity contribution in [3.63, 3.8) is 0 Å². The van der Waals surface area contributed by atoms with Gasteiger partial charge in [0.1, 0.15) is 11.9 Å². The Bertz CT molecular complexity index is 668. The van der Waals surface area contributed by atoms with Crippen LogP contribution < -0.4 is 5.32 Å². The lowest BCUT2D eigenvalue weighted by Gasteiger charge is -2.38. The second kappa shape index (κ2) is 7.72. The third kappa shape index (κ3) is 4.61. The molecule has 1 unspecified atom stereocenters. The zero-order valence-corrected chi connectivity index (χ0v) is 14.4. The van der Waals surface area contributed by atoms with Crippen LogP contribution in [0, 0.1) is 5.41 Å². The summed E-state index contributed by atoms with van der Waals surface area (Å²) in [5.41, 5.74) is 0.996. The lowest BCUT2D eigenvalue weighted by atomic mass is 9.89. The molecule has 1 aliphatic rings. The largest absolute Gasteiger partial charge is 0.467 e. The number of carbonyl (C=O) groups excluding carboxylic acids is 1. The molecule has 1 fully saturated rings. The number of urea groups is 1. The van der Waals surface area contributed by atoms with Gasteiger partial charge in [0, 0.05) is 18.5 Å². The number of aliphatic hydroxyl groups excluding tert-OH is 1. The maximum atomic E-state index is 12.7. The first-order valence-corrected chi connectivity index (χ1v) is 8.42. The van der Waals surface area contributed by atoms with E-state index >= 15 is 0 Å². The predicted octanol–water partition coefficient (Wildman–Crippen LogP) is 2.56. The minimum absolute atomic E-state index is 0.00625. The number of benzene rings is 1. The van der Waals surface area contributed by atoms with E-state index in [0.717, 1.165) is 5.56 Å². The normalized spacial score (nSPS) is 16.7. The number of aliphatic hydroxyl groups is 1. The fourth-order valence-electron chi connectivity index (χ4n) is 2.76. The summed E-state index contributed by atoms with van der Waals surface area (Å²) >= 11 is 0. The van der Waals surface area contributed by atoms with Crippen molar-refractivity contribution in [3.05, 3.63) is 60.1 Å². The number of nitrogens with one attached hydrogen (secondary N) is 1. The number of carbonyl (C=O) groups is 1. The second-order valence-corrected chi connectivity index (χ2v) is 6.86. The Labute approximate surface area is 147 Å². The molecule has 1 aliphatic heterocycles. The molecule has 0 saturated carbocycles. The van der Waals surface area contributed by atoms with Crippen molar-refractivity contribution >= 4 is 6.03 Å². The molecule has 0 bridgehead atoms. The lowest BCUT2D eigenvalue weighted by molar-refractivity contribution is -0.0979. The van der Waals surface area contributed by atoms with Gasteiger partial charge in [-0.1, -0.05) is 37.3 Å². The third-order valence-corrected chi connectivity index (χ3v) is 4.34. The zero-order chi connectivity index (χ0) is 17.7. The quantitative estimate of drug-likeness (QED) is 0.809.